The number of morpholine rings is 1. The molecule has 13 heavy (non-hydrogen) atoms. The highest BCUT2D eigenvalue weighted by molar-refractivity contribution is 4.43. The number of methoxy groups -OCH3 is 1. The van der Waals surface area contributed by atoms with E-state index in [1.54, 1.807) is 7.11 Å². The van der Waals surface area contributed by atoms with Crippen molar-refractivity contribution >= 4 is 0 Å². The van der Waals surface area contributed by atoms with E-state index in [-0.39, 0.29) is 0 Å². The van der Waals surface area contributed by atoms with Gasteiger partial charge in [0.1, 0.15) is 13.1 Å². The Bertz CT molecular complexity index is 135. The molecular weight excluding hydrogens is 170 g/mol. The summed E-state index contributed by atoms with van der Waals surface area (Å²) in [6, 6.07) is 0. The number of likely N-dealkylation sites (N-methyl/N-ethyl adjacent to an activating group) is 1. The number of quaternary nitrogens is 1. The van der Waals surface area contributed by atoms with E-state index in [2.05, 4.69) is 7.05 Å². The zero-order valence-electron chi connectivity index (χ0n) is 8.62. The molecule has 0 radical (unpaired) electrons. The van der Waals surface area contributed by atoms with E-state index >= 15 is 0 Å². The molecule has 0 saturated carbocycles. The van der Waals surface area contributed by atoms with Crippen LogP contribution in [0.1, 0.15) is 0 Å². The minimum Gasteiger partial charge on any atom is -0.382 e. The van der Waals surface area contributed by atoms with Crippen LogP contribution in [0.4, 0.5) is 0 Å². The van der Waals surface area contributed by atoms with Crippen LogP contribution in [0.15, 0.2) is 0 Å². The smallest absolute Gasteiger partial charge is 0.183 e. The van der Waals surface area contributed by atoms with Crippen molar-refractivity contribution in [2.45, 2.75) is 0 Å². The predicted octanol–water partition coefficient (Wildman–Crippen LogP) is 0.0837. The van der Waals surface area contributed by atoms with Gasteiger partial charge < -0.3 is 14.2 Å². The second kappa shape index (κ2) is 5.54. The summed E-state index contributed by atoms with van der Waals surface area (Å²) in [5, 5.41) is 0. The van der Waals surface area contributed by atoms with Gasteiger partial charge >= 0.3 is 0 Å². The van der Waals surface area contributed by atoms with Gasteiger partial charge in [-0.05, 0) is 0 Å². The summed E-state index contributed by atoms with van der Waals surface area (Å²) in [7, 11) is 3.89. The van der Waals surface area contributed by atoms with Crippen molar-refractivity contribution in [2.75, 3.05) is 60.4 Å². The van der Waals surface area contributed by atoms with Gasteiger partial charge in [0.25, 0.3) is 0 Å². The van der Waals surface area contributed by atoms with Gasteiger partial charge in [0.15, 0.2) is 6.73 Å². The molecule has 0 amide bonds. The molecule has 1 aliphatic heterocycles. The molecule has 4 nitrogen and oxygen atoms in total. The molecule has 1 aliphatic rings. The highest BCUT2D eigenvalue weighted by Gasteiger charge is 2.24. The van der Waals surface area contributed by atoms with E-state index in [4.69, 9.17) is 14.2 Å². The molecule has 1 rings (SSSR count). The van der Waals surface area contributed by atoms with Crippen LogP contribution in [0.25, 0.3) is 0 Å². The summed E-state index contributed by atoms with van der Waals surface area (Å²) in [6.07, 6.45) is 0. The molecule has 0 aromatic heterocycles. The fourth-order valence-electron chi connectivity index (χ4n) is 1.34. The maximum absolute atomic E-state index is 5.51. The van der Waals surface area contributed by atoms with Gasteiger partial charge in [-0.3, -0.25) is 4.48 Å². The molecule has 0 aliphatic carbocycles. The van der Waals surface area contributed by atoms with E-state index in [0.717, 1.165) is 37.5 Å². The quantitative estimate of drug-likeness (QED) is 0.454. The van der Waals surface area contributed by atoms with Crippen LogP contribution in [-0.4, -0.2) is 64.9 Å². The first-order valence-electron chi connectivity index (χ1n) is 4.75. The van der Waals surface area contributed by atoms with Crippen molar-refractivity contribution in [3.63, 3.8) is 0 Å². The fourth-order valence-corrected chi connectivity index (χ4v) is 1.34. The SMILES string of the molecule is COCCOC[N+]1(C)CCOCC1. The Hall–Kier alpha value is -0.160. The Morgan fingerprint density at radius 3 is 2.54 bits per heavy atom. The molecule has 0 atom stereocenters. The van der Waals surface area contributed by atoms with E-state index in [1.165, 1.54) is 0 Å². The van der Waals surface area contributed by atoms with Crippen LogP contribution in [0.2, 0.25) is 0 Å². The highest BCUT2D eigenvalue weighted by atomic mass is 16.5. The largest absolute Gasteiger partial charge is 0.382 e. The topological polar surface area (TPSA) is 27.7 Å². The third-order valence-corrected chi connectivity index (χ3v) is 2.39. The van der Waals surface area contributed by atoms with Crippen molar-refractivity contribution in [2.24, 2.45) is 0 Å². The third-order valence-electron chi connectivity index (χ3n) is 2.39. The molecule has 1 fully saturated rings. The van der Waals surface area contributed by atoms with E-state index in [9.17, 15) is 0 Å². The standard InChI is InChI=1S/C9H20NO3/c1-10(3-5-12-6-4-10)9-13-8-7-11-2/h3-9H2,1-2H3/q+1. The van der Waals surface area contributed by atoms with Gasteiger partial charge in [0.05, 0.1) is 33.5 Å². The minimum atomic E-state index is 0.677. The second-order valence-corrected chi connectivity index (χ2v) is 3.71. The zero-order valence-corrected chi connectivity index (χ0v) is 8.62. The zero-order chi connectivity index (χ0) is 9.57. The van der Waals surface area contributed by atoms with Crippen LogP contribution >= 0.6 is 0 Å². The fraction of sp³-hybridized carbons (Fsp3) is 1.00. The molecular formula is C9H20NO3+. The second-order valence-electron chi connectivity index (χ2n) is 3.71. The van der Waals surface area contributed by atoms with E-state index in [0.29, 0.717) is 13.2 Å². The summed E-state index contributed by atoms with van der Waals surface area (Å²) < 4.78 is 16.7. The molecule has 0 spiro atoms. The Morgan fingerprint density at radius 1 is 1.23 bits per heavy atom. The first kappa shape index (κ1) is 10.9. The molecule has 0 unspecified atom stereocenters. The first-order valence-corrected chi connectivity index (χ1v) is 4.75. The lowest BCUT2D eigenvalue weighted by Gasteiger charge is -2.36. The van der Waals surface area contributed by atoms with Gasteiger partial charge in [0, 0.05) is 7.11 Å². The molecule has 0 aromatic rings. The Labute approximate surface area is 80.0 Å². The number of rotatable bonds is 5. The van der Waals surface area contributed by atoms with Crippen LogP contribution in [0, 0.1) is 0 Å². The number of hydrogen-bond donors (Lipinski definition) is 0. The summed E-state index contributed by atoms with van der Waals surface area (Å²) in [5.41, 5.74) is 0. The molecule has 4 heteroatoms. The normalized spacial score (nSPS) is 21.7. The molecule has 78 valence electrons. The van der Waals surface area contributed by atoms with Crippen LogP contribution in [-0.2, 0) is 14.2 Å². The van der Waals surface area contributed by atoms with Crippen molar-refractivity contribution in [1.29, 1.82) is 0 Å². The van der Waals surface area contributed by atoms with Gasteiger partial charge in [-0.25, -0.2) is 0 Å². The van der Waals surface area contributed by atoms with Crippen LogP contribution in [0.3, 0.4) is 0 Å². The van der Waals surface area contributed by atoms with Crippen molar-refractivity contribution in [1.82, 2.24) is 0 Å². The Kier molecular flexibility index (Phi) is 4.66. The van der Waals surface area contributed by atoms with Gasteiger partial charge in [0.2, 0.25) is 0 Å². The minimum absolute atomic E-state index is 0.677. The lowest BCUT2D eigenvalue weighted by atomic mass is 10.4. The van der Waals surface area contributed by atoms with Crippen molar-refractivity contribution in [3.05, 3.63) is 0 Å². The first-order chi connectivity index (χ1) is 6.27. The highest BCUT2D eigenvalue weighted by Crippen LogP contribution is 2.06. The molecule has 1 heterocycles. The van der Waals surface area contributed by atoms with Crippen molar-refractivity contribution in [3.8, 4) is 0 Å². The lowest BCUT2D eigenvalue weighted by molar-refractivity contribution is -0.934. The Morgan fingerprint density at radius 2 is 1.92 bits per heavy atom. The maximum Gasteiger partial charge on any atom is 0.183 e. The monoisotopic (exact) mass is 190 g/mol. The average Bonchev–Trinajstić information content (AvgIpc) is 2.14. The summed E-state index contributed by atoms with van der Waals surface area (Å²) in [4.78, 5) is 0. The summed E-state index contributed by atoms with van der Waals surface area (Å²) >= 11 is 0. The molecule has 0 aromatic carbocycles. The average molecular weight is 190 g/mol. The predicted molar refractivity (Wildman–Crippen MR) is 49.4 cm³/mol. The Balaban J connectivity index is 2.10. The molecule has 0 N–H and O–H groups in total. The van der Waals surface area contributed by atoms with E-state index < -0.39 is 0 Å². The van der Waals surface area contributed by atoms with E-state index in [1.807, 2.05) is 0 Å². The third kappa shape index (κ3) is 4.04. The molecule has 1 saturated heterocycles. The maximum atomic E-state index is 5.51. The lowest BCUT2D eigenvalue weighted by Crippen LogP contribution is -2.53. The number of hydrogen-bond acceptors (Lipinski definition) is 3. The van der Waals surface area contributed by atoms with Crippen LogP contribution in [0.5, 0.6) is 0 Å². The van der Waals surface area contributed by atoms with Crippen LogP contribution < -0.4 is 0 Å². The van der Waals surface area contributed by atoms with Gasteiger partial charge in [-0.2, -0.15) is 0 Å². The van der Waals surface area contributed by atoms with Crippen molar-refractivity contribution < 1.29 is 18.7 Å². The van der Waals surface area contributed by atoms with Gasteiger partial charge in [-0.15, -0.1) is 0 Å². The van der Waals surface area contributed by atoms with Gasteiger partial charge in [-0.1, -0.05) is 0 Å². The summed E-state index contributed by atoms with van der Waals surface area (Å²) in [5.74, 6) is 0. The summed E-state index contributed by atoms with van der Waals surface area (Å²) in [6.45, 7) is 5.93. The number of ether oxygens (including phenoxy) is 3. The number of nitrogens with zero attached hydrogens (tertiary/aromatic N) is 1. The molecule has 0 bridgehead atoms.